The van der Waals surface area contributed by atoms with Crippen molar-refractivity contribution >= 4 is 0 Å². The first-order valence-corrected chi connectivity index (χ1v) is 13.8. The molecule has 3 nitrogen and oxygen atoms in total. The normalized spacial score (nSPS) is 42.8. The third kappa shape index (κ3) is 4.29. The second-order valence-corrected chi connectivity index (χ2v) is 13.5. The molecule has 0 heterocycles. The second-order valence-electron chi connectivity index (χ2n) is 13.5. The average molecular weight is 459 g/mol. The average Bonchev–Trinajstić information content (AvgIpc) is 2.93. The molecule has 0 saturated heterocycles. The number of aliphatic hydroxyl groups is 2. The van der Waals surface area contributed by atoms with E-state index >= 15 is 0 Å². The Balaban J connectivity index is 1.87. The van der Waals surface area contributed by atoms with Crippen molar-refractivity contribution in [2.75, 3.05) is 13.2 Å². The van der Waals surface area contributed by atoms with Crippen molar-refractivity contribution < 1.29 is 14.9 Å². The second kappa shape index (κ2) is 9.10. The number of hydrogen-bond acceptors (Lipinski definition) is 3. The third-order valence-corrected chi connectivity index (χ3v) is 10.6. The van der Waals surface area contributed by atoms with Crippen molar-refractivity contribution in [3.8, 4) is 0 Å². The molecule has 0 amide bonds. The maximum atomic E-state index is 10.0. The Morgan fingerprint density at radius 3 is 1.48 bits per heavy atom. The van der Waals surface area contributed by atoms with Gasteiger partial charge in [0.05, 0.1) is 24.4 Å². The molecule has 0 aliphatic heterocycles. The van der Waals surface area contributed by atoms with E-state index in [1.54, 1.807) is 0 Å². The van der Waals surface area contributed by atoms with Gasteiger partial charge in [0.1, 0.15) is 0 Å². The van der Waals surface area contributed by atoms with Crippen LogP contribution in [0.4, 0.5) is 0 Å². The molecule has 188 valence electrons. The Kier molecular flexibility index (Phi) is 7.02. The number of rotatable bonds is 4. The van der Waals surface area contributed by atoms with E-state index in [9.17, 15) is 10.2 Å². The molecule has 4 aliphatic rings. The Bertz CT molecular complexity index is 713. The molecule has 0 aromatic heterocycles. The fourth-order valence-corrected chi connectivity index (χ4v) is 8.40. The third-order valence-electron chi connectivity index (χ3n) is 10.6. The van der Waals surface area contributed by atoms with Crippen LogP contribution in [0, 0.1) is 34.5 Å². The highest BCUT2D eigenvalue weighted by Gasteiger charge is 2.60. The van der Waals surface area contributed by atoms with Gasteiger partial charge in [-0.25, -0.2) is 0 Å². The van der Waals surface area contributed by atoms with Gasteiger partial charge in [0.15, 0.2) is 0 Å². The highest BCUT2D eigenvalue weighted by atomic mass is 16.5. The molecule has 0 radical (unpaired) electrons. The molecular weight excluding hydrogens is 408 g/mol. The van der Waals surface area contributed by atoms with Gasteiger partial charge >= 0.3 is 0 Å². The fraction of sp³-hybridized carbons (Fsp3) is 0.867. The summed E-state index contributed by atoms with van der Waals surface area (Å²) in [7, 11) is 0. The summed E-state index contributed by atoms with van der Waals surface area (Å²) < 4.78 is 7.90. The maximum absolute atomic E-state index is 10.0. The van der Waals surface area contributed by atoms with E-state index in [0.717, 1.165) is 25.7 Å². The van der Waals surface area contributed by atoms with Crippen LogP contribution in [0.3, 0.4) is 0 Å². The van der Waals surface area contributed by atoms with Crippen molar-refractivity contribution in [1.82, 2.24) is 0 Å². The van der Waals surface area contributed by atoms with Gasteiger partial charge in [-0.3, -0.25) is 0 Å². The minimum atomic E-state index is -0.184. The number of aliphatic hydroxyl groups excluding tert-OH is 2. The quantitative estimate of drug-likeness (QED) is 0.454. The lowest BCUT2D eigenvalue weighted by atomic mass is 9.58. The van der Waals surface area contributed by atoms with Crippen LogP contribution >= 0.6 is 0 Å². The molecule has 0 unspecified atom stereocenters. The number of hydrogen-bond donors (Lipinski definition) is 2. The van der Waals surface area contributed by atoms with Gasteiger partial charge < -0.3 is 14.9 Å². The van der Waals surface area contributed by atoms with E-state index in [1.807, 2.05) is 0 Å². The van der Waals surface area contributed by atoms with Gasteiger partial charge in [0.25, 0.3) is 0 Å². The zero-order valence-electron chi connectivity index (χ0n) is 22.3. The summed E-state index contributed by atoms with van der Waals surface area (Å²) in [5.41, 5.74) is 2.35. The zero-order chi connectivity index (χ0) is 24.1. The molecule has 0 aromatic carbocycles. The van der Waals surface area contributed by atoms with E-state index in [-0.39, 0.29) is 35.2 Å². The lowest BCUT2D eigenvalue weighted by Crippen LogP contribution is -2.62. The molecule has 3 heteroatoms. The molecule has 4 rings (SSSR count). The summed E-state index contributed by atoms with van der Waals surface area (Å²) in [5.74, 6) is 1.65. The van der Waals surface area contributed by atoms with E-state index in [4.69, 9.17) is 4.74 Å². The summed E-state index contributed by atoms with van der Waals surface area (Å²) in [6.45, 7) is 15.0. The monoisotopic (exact) mass is 458 g/mol. The lowest BCUT2D eigenvalue weighted by molar-refractivity contribution is -0.258. The first-order chi connectivity index (χ1) is 15.5. The van der Waals surface area contributed by atoms with Gasteiger partial charge in [0, 0.05) is 11.8 Å². The maximum Gasteiger partial charge on any atom is 0.0786 e. The lowest BCUT2D eigenvalue weighted by Gasteiger charge is -2.60. The SMILES string of the molecule is C[C@H]1CCCC(C)(C)[C@H]2C=C(CO)CC[C@]21O[C@@]12CCC(CO)=C[C@@H]1C(C)(C)CCC[C@@H]2C. The highest BCUT2D eigenvalue weighted by molar-refractivity contribution is 5.24. The summed E-state index contributed by atoms with van der Waals surface area (Å²) in [4.78, 5) is 0. The Labute approximate surface area is 203 Å². The Hall–Kier alpha value is -0.640. The van der Waals surface area contributed by atoms with E-state index < -0.39 is 0 Å². The first-order valence-electron chi connectivity index (χ1n) is 13.8. The van der Waals surface area contributed by atoms with Crippen LogP contribution in [0.25, 0.3) is 0 Å². The topological polar surface area (TPSA) is 49.7 Å². The molecule has 33 heavy (non-hydrogen) atoms. The van der Waals surface area contributed by atoms with Crippen LogP contribution in [0.15, 0.2) is 23.3 Å². The van der Waals surface area contributed by atoms with Crippen LogP contribution in [0.5, 0.6) is 0 Å². The molecule has 4 aliphatic carbocycles. The molecule has 2 saturated carbocycles. The predicted octanol–water partition coefficient (Wildman–Crippen LogP) is 6.83. The standard InChI is InChI=1S/C30H50O3/c1-21-9-7-13-27(3,4)25-17-23(19-31)11-15-29(21,25)33-30-16-12-24(20-32)18-26(30)28(5,6)14-8-10-22(30)2/h17-18,21-22,25-26,31-32H,7-16,19-20H2,1-6H3/t21-,22-,25+,26+,29+,30+/m0/s1. The minimum Gasteiger partial charge on any atom is -0.392 e. The van der Waals surface area contributed by atoms with Crippen molar-refractivity contribution in [3.05, 3.63) is 23.3 Å². The molecule has 0 bridgehead atoms. The molecule has 2 fully saturated rings. The Morgan fingerprint density at radius 2 is 1.12 bits per heavy atom. The van der Waals surface area contributed by atoms with Crippen molar-refractivity contribution in [3.63, 3.8) is 0 Å². The minimum absolute atomic E-state index is 0.155. The number of ether oxygens (including phenoxy) is 1. The van der Waals surface area contributed by atoms with Crippen molar-refractivity contribution in [2.24, 2.45) is 34.5 Å². The summed E-state index contributed by atoms with van der Waals surface area (Å²) in [6, 6.07) is 0. The molecular formula is C30H50O3. The smallest absolute Gasteiger partial charge is 0.0786 e. The summed E-state index contributed by atoms with van der Waals surface area (Å²) >= 11 is 0. The van der Waals surface area contributed by atoms with Gasteiger partial charge in [0.2, 0.25) is 0 Å². The zero-order valence-corrected chi connectivity index (χ0v) is 22.3. The van der Waals surface area contributed by atoms with Crippen molar-refractivity contribution in [1.29, 1.82) is 0 Å². The summed E-state index contributed by atoms with van der Waals surface area (Å²) in [5, 5.41) is 20.1. The van der Waals surface area contributed by atoms with E-state index in [0.29, 0.717) is 23.7 Å². The largest absolute Gasteiger partial charge is 0.392 e. The number of fused-ring (bicyclic) bond motifs is 2. The van der Waals surface area contributed by atoms with Crippen LogP contribution in [0.1, 0.15) is 106 Å². The van der Waals surface area contributed by atoms with E-state index in [1.165, 1.54) is 49.7 Å². The predicted molar refractivity (Wildman–Crippen MR) is 136 cm³/mol. The molecule has 0 aromatic rings. The van der Waals surface area contributed by atoms with Crippen LogP contribution < -0.4 is 0 Å². The molecule has 0 spiro atoms. The first kappa shape index (κ1) is 25.5. The van der Waals surface area contributed by atoms with Crippen LogP contribution in [0.2, 0.25) is 0 Å². The van der Waals surface area contributed by atoms with E-state index in [2.05, 4.69) is 53.7 Å². The summed E-state index contributed by atoms with van der Waals surface area (Å²) in [6.07, 6.45) is 16.2. The van der Waals surface area contributed by atoms with Crippen LogP contribution in [-0.2, 0) is 4.74 Å². The van der Waals surface area contributed by atoms with Gasteiger partial charge in [-0.15, -0.1) is 0 Å². The highest BCUT2D eigenvalue weighted by Crippen LogP contribution is 2.61. The van der Waals surface area contributed by atoms with Gasteiger partial charge in [-0.2, -0.15) is 0 Å². The molecule has 6 atom stereocenters. The van der Waals surface area contributed by atoms with Crippen LogP contribution in [-0.4, -0.2) is 34.6 Å². The molecule has 2 N–H and O–H groups in total. The fourth-order valence-electron chi connectivity index (χ4n) is 8.40. The van der Waals surface area contributed by atoms with Gasteiger partial charge in [-0.05, 0) is 85.2 Å². The Morgan fingerprint density at radius 1 is 0.727 bits per heavy atom. The van der Waals surface area contributed by atoms with Crippen molar-refractivity contribution in [2.45, 2.75) is 117 Å². The van der Waals surface area contributed by atoms with Gasteiger partial charge in [-0.1, -0.05) is 66.5 Å².